The summed E-state index contributed by atoms with van der Waals surface area (Å²) in [6, 6.07) is 14.8. The van der Waals surface area contributed by atoms with Crippen LogP contribution in [-0.2, 0) is 17.9 Å². The fourth-order valence-electron chi connectivity index (χ4n) is 2.48. The molecule has 2 rings (SSSR count). The molecule has 0 bridgehead atoms. The van der Waals surface area contributed by atoms with Gasteiger partial charge in [-0.25, -0.2) is 9.38 Å². The first-order valence-corrected chi connectivity index (χ1v) is 9.15. The van der Waals surface area contributed by atoms with Crippen LogP contribution in [0.15, 0.2) is 53.5 Å². The maximum absolute atomic E-state index is 13.3. The minimum Gasteiger partial charge on any atom is -0.389 e. The van der Waals surface area contributed by atoms with Gasteiger partial charge in [-0.05, 0) is 36.6 Å². The van der Waals surface area contributed by atoms with Crippen LogP contribution in [0.1, 0.15) is 23.6 Å². The molecule has 0 amide bonds. The third kappa shape index (κ3) is 7.76. The highest BCUT2D eigenvalue weighted by atomic mass is 19.1. The number of benzene rings is 2. The summed E-state index contributed by atoms with van der Waals surface area (Å²) >= 11 is 0. The van der Waals surface area contributed by atoms with Crippen molar-refractivity contribution < 1.29 is 14.2 Å². The predicted octanol–water partition coefficient (Wildman–Crippen LogP) is 2.77. The molecule has 0 fully saturated rings. The first kappa shape index (κ1) is 20.9. The second kappa shape index (κ2) is 11.3. The van der Waals surface area contributed by atoms with Crippen LogP contribution in [-0.4, -0.2) is 36.9 Å². The SMILES string of the molecule is CCNC(=NCc1ccc(F)c(C)c1)NCC(O)COCc1ccccc1. The van der Waals surface area contributed by atoms with Crippen LogP contribution in [0.4, 0.5) is 4.39 Å². The normalized spacial score (nSPS) is 12.7. The Kier molecular flexibility index (Phi) is 8.74. The minimum atomic E-state index is -0.648. The fraction of sp³-hybridized carbons (Fsp3) is 0.381. The zero-order valence-corrected chi connectivity index (χ0v) is 15.9. The van der Waals surface area contributed by atoms with Gasteiger partial charge in [0.15, 0.2) is 5.96 Å². The van der Waals surface area contributed by atoms with Crippen LogP contribution in [0.5, 0.6) is 0 Å². The van der Waals surface area contributed by atoms with Gasteiger partial charge in [0.2, 0.25) is 0 Å². The number of hydrogen-bond donors (Lipinski definition) is 3. The first-order chi connectivity index (χ1) is 13.1. The lowest BCUT2D eigenvalue weighted by atomic mass is 10.1. The third-order valence-corrected chi connectivity index (χ3v) is 3.91. The molecule has 1 unspecified atom stereocenters. The molecule has 1 atom stereocenters. The molecule has 0 aromatic heterocycles. The van der Waals surface area contributed by atoms with Crippen molar-refractivity contribution in [3.63, 3.8) is 0 Å². The van der Waals surface area contributed by atoms with Crippen LogP contribution in [0.3, 0.4) is 0 Å². The lowest BCUT2D eigenvalue weighted by molar-refractivity contribution is 0.0308. The van der Waals surface area contributed by atoms with Crippen molar-refractivity contribution >= 4 is 5.96 Å². The molecule has 3 N–H and O–H groups in total. The number of guanidine groups is 1. The molecule has 0 saturated heterocycles. The van der Waals surface area contributed by atoms with Crippen molar-refractivity contribution in [3.05, 3.63) is 71.0 Å². The highest BCUT2D eigenvalue weighted by Gasteiger charge is 2.06. The Labute approximate surface area is 160 Å². The van der Waals surface area contributed by atoms with Gasteiger partial charge in [-0.15, -0.1) is 0 Å². The highest BCUT2D eigenvalue weighted by molar-refractivity contribution is 5.79. The van der Waals surface area contributed by atoms with Gasteiger partial charge in [0.25, 0.3) is 0 Å². The predicted molar refractivity (Wildman–Crippen MR) is 106 cm³/mol. The Morgan fingerprint density at radius 1 is 1.15 bits per heavy atom. The zero-order valence-electron chi connectivity index (χ0n) is 15.9. The lowest BCUT2D eigenvalue weighted by Crippen LogP contribution is -2.42. The Balaban J connectivity index is 1.77. The van der Waals surface area contributed by atoms with Gasteiger partial charge in [0.1, 0.15) is 5.82 Å². The summed E-state index contributed by atoms with van der Waals surface area (Å²) in [5, 5.41) is 16.3. The number of ether oxygens (including phenoxy) is 1. The molecule has 0 heterocycles. The summed E-state index contributed by atoms with van der Waals surface area (Å²) < 4.78 is 18.9. The van der Waals surface area contributed by atoms with Crippen molar-refractivity contribution in [2.75, 3.05) is 19.7 Å². The Hall–Kier alpha value is -2.44. The second-order valence-corrected chi connectivity index (χ2v) is 6.31. The summed E-state index contributed by atoms with van der Waals surface area (Å²) in [7, 11) is 0. The molecule has 0 spiro atoms. The van der Waals surface area contributed by atoms with Crippen molar-refractivity contribution in [1.82, 2.24) is 10.6 Å². The average molecular weight is 373 g/mol. The van der Waals surface area contributed by atoms with Crippen LogP contribution in [0.25, 0.3) is 0 Å². The highest BCUT2D eigenvalue weighted by Crippen LogP contribution is 2.10. The maximum atomic E-state index is 13.3. The van der Waals surface area contributed by atoms with Crippen molar-refractivity contribution in [3.8, 4) is 0 Å². The molecule has 146 valence electrons. The first-order valence-electron chi connectivity index (χ1n) is 9.15. The molecular weight excluding hydrogens is 345 g/mol. The molecule has 2 aromatic carbocycles. The Morgan fingerprint density at radius 2 is 1.93 bits per heavy atom. The topological polar surface area (TPSA) is 65.9 Å². The van der Waals surface area contributed by atoms with Crippen LogP contribution >= 0.6 is 0 Å². The summed E-state index contributed by atoms with van der Waals surface area (Å²) in [6.45, 7) is 5.86. The number of aliphatic imine (C=N–C) groups is 1. The minimum absolute atomic E-state index is 0.216. The molecule has 5 nitrogen and oxygen atoms in total. The molecule has 2 aromatic rings. The molecule has 0 aliphatic heterocycles. The number of halogens is 1. The number of aliphatic hydroxyl groups is 1. The average Bonchev–Trinajstić information content (AvgIpc) is 2.67. The van der Waals surface area contributed by atoms with Crippen molar-refractivity contribution in [2.45, 2.75) is 33.1 Å². The van der Waals surface area contributed by atoms with E-state index in [9.17, 15) is 9.50 Å². The summed E-state index contributed by atoms with van der Waals surface area (Å²) in [4.78, 5) is 4.47. The quantitative estimate of drug-likeness (QED) is 0.467. The standard InChI is InChI=1S/C21H28FN3O2/c1-3-23-21(24-12-18-9-10-20(22)16(2)11-18)25-13-19(26)15-27-14-17-7-5-4-6-8-17/h4-11,19,26H,3,12-15H2,1-2H3,(H2,23,24,25). The van der Waals surface area contributed by atoms with E-state index in [1.165, 1.54) is 6.07 Å². The van der Waals surface area contributed by atoms with E-state index in [4.69, 9.17) is 4.74 Å². The van der Waals surface area contributed by atoms with Gasteiger partial charge in [0.05, 0.1) is 25.9 Å². The van der Waals surface area contributed by atoms with E-state index in [0.717, 1.165) is 11.1 Å². The number of aliphatic hydroxyl groups excluding tert-OH is 1. The maximum Gasteiger partial charge on any atom is 0.191 e. The number of nitrogens with one attached hydrogen (secondary N) is 2. The third-order valence-electron chi connectivity index (χ3n) is 3.91. The number of aryl methyl sites for hydroxylation is 1. The number of hydrogen-bond acceptors (Lipinski definition) is 3. The van der Waals surface area contributed by atoms with E-state index in [0.29, 0.717) is 37.8 Å². The van der Waals surface area contributed by atoms with E-state index in [1.807, 2.05) is 37.3 Å². The Bertz CT molecular complexity index is 723. The van der Waals surface area contributed by atoms with Gasteiger partial charge in [-0.2, -0.15) is 0 Å². The van der Waals surface area contributed by atoms with Gasteiger partial charge >= 0.3 is 0 Å². The second-order valence-electron chi connectivity index (χ2n) is 6.31. The number of rotatable bonds is 9. The van der Waals surface area contributed by atoms with Gasteiger partial charge in [0, 0.05) is 13.1 Å². The molecule has 0 aliphatic rings. The lowest BCUT2D eigenvalue weighted by Gasteiger charge is -2.15. The van der Waals surface area contributed by atoms with E-state index in [1.54, 1.807) is 19.1 Å². The van der Waals surface area contributed by atoms with Crippen molar-refractivity contribution in [2.24, 2.45) is 4.99 Å². The smallest absolute Gasteiger partial charge is 0.191 e. The van der Waals surface area contributed by atoms with E-state index in [-0.39, 0.29) is 12.4 Å². The molecule has 6 heteroatoms. The van der Waals surface area contributed by atoms with Gasteiger partial charge < -0.3 is 20.5 Å². The zero-order chi connectivity index (χ0) is 19.5. The van der Waals surface area contributed by atoms with E-state index >= 15 is 0 Å². The Morgan fingerprint density at radius 3 is 2.63 bits per heavy atom. The van der Waals surface area contributed by atoms with E-state index < -0.39 is 6.10 Å². The van der Waals surface area contributed by atoms with Crippen LogP contribution < -0.4 is 10.6 Å². The monoisotopic (exact) mass is 373 g/mol. The van der Waals surface area contributed by atoms with Gasteiger partial charge in [-0.3, -0.25) is 0 Å². The molecule has 27 heavy (non-hydrogen) atoms. The van der Waals surface area contributed by atoms with E-state index in [2.05, 4.69) is 15.6 Å². The molecular formula is C21H28FN3O2. The number of nitrogens with zero attached hydrogens (tertiary/aromatic N) is 1. The summed E-state index contributed by atoms with van der Waals surface area (Å²) in [5.74, 6) is 0.382. The van der Waals surface area contributed by atoms with Crippen LogP contribution in [0.2, 0.25) is 0 Å². The van der Waals surface area contributed by atoms with Crippen molar-refractivity contribution in [1.29, 1.82) is 0 Å². The van der Waals surface area contributed by atoms with Gasteiger partial charge in [-0.1, -0.05) is 42.5 Å². The van der Waals surface area contributed by atoms with Crippen LogP contribution in [0, 0.1) is 12.7 Å². The molecule has 0 aliphatic carbocycles. The molecule has 0 saturated carbocycles. The summed E-state index contributed by atoms with van der Waals surface area (Å²) in [6.07, 6.45) is -0.648. The fourth-order valence-corrected chi connectivity index (χ4v) is 2.48. The summed E-state index contributed by atoms with van der Waals surface area (Å²) in [5.41, 5.74) is 2.60. The largest absolute Gasteiger partial charge is 0.389 e. The molecule has 0 radical (unpaired) electrons.